The number of carbonyl (C=O) groups excluding carboxylic acids is 3. The first kappa shape index (κ1) is 20.2. The van der Waals surface area contributed by atoms with Gasteiger partial charge in [0.1, 0.15) is 5.75 Å². The fraction of sp³-hybridized carbons (Fsp3) is 0.286. The highest BCUT2D eigenvalue weighted by molar-refractivity contribution is 5.94. The molecule has 0 unspecified atom stereocenters. The standard InChI is InChI=1S/C21H23NO5/c1-16(23)18-9-11-19(12-10-18)26-15-21(25)27-14-20(24)22-13-5-8-17-6-3-2-4-7-17/h2-4,6-7,9-12H,5,8,13-15H2,1H3,(H,22,24). The molecule has 6 nitrogen and oxygen atoms in total. The van der Waals surface area contributed by atoms with Gasteiger partial charge in [0.05, 0.1) is 0 Å². The molecule has 6 heteroatoms. The predicted octanol–water partition coefficient (Wildman–Crippen LogP) is 2.56. The van der Waals surface area contributed by atoms with Crippen LogP contribution in [0, 0.1) is 0 Å². The average Bonchev–Trinajstić information content (AvgIpc) is 2.69. The van der Waals surface area contributed by atoms with Crippen molar-refractivity contribution in [3.63, 3.8) is 0 Å². The van der Waals surface area contributed by atoms with E-state index in [9.17, 15) is 14.4 Å². The zero-order valence-corrected chi connectivity index (χ0v) is 15.3. The SMILES string of the molecule is CC(=O)c1ccc(OCC(=O)OCC(=O)NCCCc2ccccc2)cc1. The van der Waals surface area contributed by atoms with Gasteiger partial charge >= 0.3 is 5.97 Å². The summed E-state index contributed by atoms with van der Waals surface area (Å²) in [7, 11) is 0. The molecular weight excluding hydrogens is 346 g/mol. The third kappa shape index (κ3) is 7.73. The minimum absolute atomic E-state index is 0.0456. The molecule has 1 amide bonds. The van der Waals surface area contributed by atoms with Gasteiger partial charge in [0.2, 0.25) is 0 Å². The monoisotopic (exact) mass is 369 g/mol. The van der Waals surface area contributed by atoms with Gasteiger partial charge in [-0.05, 0) is 49.6 Å². The smallest absolute Gasteiger partial charge is 0.344 e. The molecule has 0 saturated heterocycles. The Morgan fingerprint density at radius 2 is 1.63 bits per heavy atom. The van der Waals surface area contributed by atoms with Crippen LogP contribution in [0.25, 0.3) is 0 Å². The van der Waals surface area contributed by atoms with E-state index in [4.69, 9.17) is 9.47 Å². The number of ether oxygens (including phenoxy) is 2. The minimum Gasteiger partial charge on any atom is -0.482 e. The van der Waals surface area contributed by atoms with Gasteiger partial charge in [-0.1, -0.05) is 30.3 Å². The summed E-state index contributed by atoms with van der Waals surface area (Å²) in [6, 6.07) is 16.4. The van der Waals surface area contributed by atoms with Crippen LogP contribution < -0.4 is 10.1 Å². The Labute approximate surface area is 158 Å². The lowest BCUT2D eigenvalue weighted by Crippen LogP contribution is -2.30. The van der Waals surface area contributed by atoms with E-state index in [2.05, 4.69) is 5.32 Å². The second kappa shape index (κ2) is 10.8. The molecule has 0 radical (unpaired) electrons. The molecule has 2 aromatic carbocycles. The fourth-order valence-electron chi connectivity index (χ4n) is 2.33. The first-order valence-electron chi connectivity index (χ1n) is 8.74. The number of aryl methyl sites for hydroxylation is 1. The van der Waals surface area contributed by atoms with E-state index in [-0.39, 0.29) is 24.9 Å². The summed E-state index contributed by atoms with van der Waals surface area (Å²) < 4.78 is 10.1. The Kier molecular flexibility index (Phi) is 8.03. The largest absolute Gasteiger partial charge is 0.482 e. The van der Waals surface area contributed by atoms with Crippen LogP contribution in [0.15, 0.2) is 54.6 Å². The number of Topliss-reactive ketones (excluding diaryl/α,β-unsaturated/α-hetero) is 1. The molecular formula is C21H23NO5. The van der Waals surface area contributed by atoms with Gasteiger partial charge in [0, 0.05) is 12.1 Å². The number of nitrogens with one attached hydrogen (secondary N) is 1. The quantitative estimate of drug-likeness (QED) is 0.395. The number of rotatable bonds is 10. The highest BCUT2D eigenvalue weighted by Gasteiger charge is 2.08. The maximum atomic E-state index is 11.7. The molecule has 2 rings (SSSR count). The van der Waals surface area contributed by atoms with E-state index in [1.807, 2.05) is 30.3 Å². The van der Waals surface area contributed by atoms with Crippen LogP contribution in [0.3, 0.4) is 0 Å². The molecule has 0 heterocycles. The van der Waals surface area contributed by atoms with Crippen LogP contribution in [0.2, 0.25) is 0 Å². The van der Waals surface area contributed by atoms with E-state index in [0.29, 0.717) is 17.9 Å². The van der Waals surface area contributed by atoms with Gasteiger partial charge in [0.25, 0.3) is 5.91 Å². The molecule has 0 fully saturated rings. The van der Waals surface area contributed by atoms with Crippen molar-refractivity contribution in [2.75, 3.05) is 19.8 Å². The van der Waals surface area contributed by atoms with Crippen LogP contribution in [0.1, 0.15) is 29.3 Å². The van der Waals surface area contributed by atoms with Crippen molar-refractivity contribution in [2.45, 2.75) is 19.8 Å². The third-order valence-electron chi connectivity index (χ3n) is 3.79. The number of ketones is 1. The molecule has 0 spiro atoms. The molecule has 0 aromatic heterocycles. The molecule has 142 valence electrons. The van der Waals surface area contributed by atoms with Gasteiger partial charge in [0.15, 0.2) is 19.0 Å². The van der Waals surface area contributed by atoms with Crippen molar-refractivity contribution in [2.24, 2.45) is 0 Å². The van der Waals surface area contributed by atoms with Crippen molar-refractivity contribution in [1.29, 1.82) is 0 Å². The summed E-state index contributed by atoms with van der Waals surface area (Å²) in [6.45, 7) is 1.35. The van der Waals surface area contributed by atoms with Gasteiger partial charge in [-0.3, -0.25) is 9.59 Å². The van der Waals surface area contributed by atoms with Gasteiger partial charge in [-0.15, -0.1) is 0 Å². The number of benzene rings is 2. The van der Waals surface area contributed by atoms with E-state index < -0.39 is 5.97 Å². The summed E-state index contributed by atoms with van der Waals surface area (Å²) in [5.74, 6) is -0.578. The first-order chi connectivity index (χ1) is 13.0. The van der Waals surface area contributed by atoms with Crippen LogP contribution in [-0.2, 0) is 20.7 Å². The van der Waals surface area contributed by atoms with Crippen molar-refractivity contribution in [1.82, 2.24) is 5.32 Å². The molecule has 1 N–H and O–H groups in total. The van der Waals surface area contributed by atoms with E-state index >= 15 is 0 Å². The van der Waals surface area contributed by atoms with Crippen LogP contribution in [0.4, 0.5) is 0 Å². The van der Waals surface area contributed by atoms with Gasteiger partial charge in [-0.2, -0.15) is 0 Å². The Hall–Kier alpha value is -3.15. The Morgan fingerprint density at radius 1 is 0.926 bits per heavy atom. The van der Waals surface area contributed by atoms with Crippen molar-refractivity contribution in [3.8, 4) is 5.75 Å². The maximum absolute atomic E-state index is 11.7. The Morgan fingerprint density at radius 3 is 2.30 bits per heavy atom. The number of hydrogen-bond donors (Lipinski definition) is 1. The van der Waals surface area contributed by atoms with Gasteiger partial charge < -0.3 is 14.8 Å². The third-order valence-corrected chi connectivity index (χ3v) is 3.79. The van der Waals surface area contributed by atoms with Gasteiger partial charge in [-0.25, -0.2) is 4.79 Å². The summed E-state index contributed by atoms with van der Waals surface area (Å²) in [5.41, 5.74) is 1.78. The molecule has 0 saturated carbocycles. The van der Waals surface area contributed by atoms with Crippen LogP contribution >= 0.6 is 0 Å². The Balaban J connectivity index is 1.57. The van der Waals surface area contributed by atoms with Crippen molar-refractivity contribution >= 4 is 17.7 Å². The summed E-state index contributed by atoms with van der Waals surface area (Å²) in [4.78, 5) is 34.5. The number of hydrogen-bond acceptors (Lipinski definition) is 5. The van der Waals surface area contributed by atoms with Crippen molar-refractivity contribution in [3.05, 3.63) is 65.7 Å². The summed E-state index contributed by atoms with van der Waals surface area (Å²) >= 11 is 0. The zero-order chi connectivity index (χ0) is 19.5. The van der Waals surface area contributed by atoms with E-state index in [1.54, 1.807) is 24.3 Å². The Bertz CT molecular complexity index is 756. The molecule has 0 atom stereocenters. The predicted molar refractivity (Wildman–Crippen MR) is 101 cm³/mol. The average molecular weight is 369 g/mol. The highest BCUT2D eigenvalue weighted by Crippen LogP contribution is 2.12. The number of esters is 1. The van der Waals surface area contributed by atoms with Crippen LogP contribution in [-0.4, -0.2) is 37.4 Å². The van der Waals surface area contributed by atoms with Crippen molar-refractivity contribution < 1.29 is 23.9 Å². The van der Waals surface area contributed by atoms with Crippen LogP contribution in [0.5, 0.6) is 5.75 Å². The lowest BCUT2D eigenvalue weighted by molar-refractivity contribution is -0.150. The first-order valence-corrected chi connectivity index (χ1v) is 8.74. The second-order valence-corrected chi connectivity index (χ2v) is 5.97. The lowest BCUT2D eigenvalue weighted by Gasteiger charge is -2.08. The molecule has 0 aliphatic heterocycles. The molecule has 27 heavy (non-hydrogen) atoms. The normalized spacial score (nSPS) is 10.1. The lowest BCUT2D eigenvalue weighted by atomic mass is 10.1. The molecule has 0 aliphatic carbocycles. The fourth-order valence-corrected chi connectivity index (χ4v) is 2.33. The number of amides is 1. The number of carbonyl (C=O) groups is 3. The molecule has 2 aromatic rings. The summed E-state index contributed by atoms with van der Waals surface area (Å²) in [6.07, 6.45) is 1.68. The summed E-state index contributed by atoms with van der Waals surface area (Å²) in [5, 5.41) is 2.71. The second-order valence-electron chi connectivity index (χ2n) is 5.97. The molecule has 0 aliphatic rings. The van der Waals surface area contributed by atoms with E-state index in [1.165, 1.54) is 12.5 Å². The maximum Gasteiger partial charge on any atom is 0.344 e. The molecule has 0 bridgehead atoms. The topological polar surface area (TPSA) is 81.7 Å². The highest BCUT2D eigenvalue weighted by atomic mass is 16.6. The minimum atomic E-state index is -0.634. The zero-order valence-electron chi connectivity index (χ0n) is 15.3. The van der Waals surface area contributed by atoms with E-state index in [0.717, 1.165) is 12.8 Å².